The summed E-state index contributed by atoms with van der Waals surface area (Å²) in [5, 5.41) is 0.975. The second kappa shape index (κ2) is 7.24. The van der Waals surface area contributed by atoms with Crippen LogP contribution in [0, 0.1) is 0 Å². The van der Waals surface area contributed by atoms with Gasteiger partial charge in [-0.15, -0.1) is 0 Å². The number of hydrogen-bond acceptors (Lipinski definition) is 4. The number of hydrogen-bond donors (Lipinski definition) is 0. The summed E-state index contributed by atoms with van der Waals surface area (Å²) >= 11 is 10.7. The van der Waals surface area contributed by atoms with E-state index >= 15 is 0 Å². The first-order valence-corrected chi connectivity index (χ1v) is 12.0. The van der Waals surface area contributed by atoms with Gasteiger partial charge in [0.05, 0.1) is 17.5 Å². The van der Waals surface area contributed by atoms with Gasteiger partial charge in [-0.05, 0) is 48.5 Å². The third-order valence-electron chi connectivity index (χ3n) is 4.46. The molecule has 2 aromatic rings. The summed E-state index contributed by atoms with van der Waals surface area (Å²) in [5.74, 6) is -0.205. The van der Waals surface area contributed by atoms with Crippen LogP contribution in [0.1, 0.15) is 10.4 Å². The first-order valence-electron chi connectivity index (χ1n) is 8.13. The molecule has 0 spiro atoms. The fourth-order valence-corrected chi connectivity index (χ4v) is 7.51. The summed E-state index contributed by atoms with van der Waals surface area (Å²) < 4.78 is 25.0. The van der Waals surface area contributed by atoms with E-state index in [1.807, 2.05) is 17.0 Å². The molecule has 9 heteroatoms. The number of amides is 1. The Balaban J connectivity index is 1.71. The van der Waals surface area contributed by atoms with Gasteiger partial charge in [-0.2, -0.15) is 4.99 Å². The quantitative estimate of drug-likeness (QED) is 0.643. The molecule has 5 nitrogen and oxygen atoms in total. The molecule has 0 aromatic heterocycles. The van der Waals surface area contributed by atoms with E-state index in [1.54, 1.807) is 36.4 Å². The molecule has 2 aliphatic rings. The molecule has 0 saturated carbocycles. The van der Waals surface area contributed by atoms with Crippen LogP contribution in [0.25, 0.3) is 0 Å². The van der Waals surface area contributed by atoms with Gasteiger partial charge < -0.3 is 4.90 Å². The monoisotopic (exact) mass is 484 g/mol. The minimum atomic E-state index is -3.10. The molecule has 2 heterocycles. The van der Waals surface area contributed by atoms with Crippen LogP contribution in [-0.4, -0.2) is 42.3 Å². The van der Waals surface area contributed by atoms with Crippen LogP contribution in [0.4, 0.5) is 5.69 Å². The van der Waals surface area contributed by atoms with Crippen LogP contribution in [0.3, 0.4) is 0 Å². The number of anilines is 1. The van der Waals surface area contributed by atoms with E-state index in [0.29, 0.717) is 15.8 Å². The summed E-state index contributed by atoms with van der Waals surface area (Å²) in [6, 6.07) is 13.9. The van der Waals surface area contributed by atoms with Crippen molar-refractivity contribution in [3.63, 3.8) is 0 Å². The lowest BCUT2D eigenvalue weighted by Gasteiger charge is -2.24. The highest BCUT2D eigenvalue weighted by molar-refractivity contribution is 9.10. The van der Waals surface area contributed by atoms with Gasteiger partial charge in [0.25, 0.3) is 5.91 Å². The zero-order valence-corrected chi connectivity index (χ0v) is 17.9. The van der Waals surface area contributed by atoms with Gasteiger partial charge in [-0.25, -0.2) is 8.42 Å². The molecule has 2 atom stereocenters. The lowest BCUT2D eigenvalue weighted by molar-refractivity contribution is 0.100. The van der Waals surface area contributed by atoms with Crippen molar-refractivity contribution in [1.29, 1.82) is 0 Å². The zero-order valence-electron chi connectivity index (χ0n) is 13.9. The maximum Gasteiger partial charge on any atom is 0.279 e. The largest absolute Gasteiger partial charge is 0.316 e. The Hall–Kier alpha value is -1.35. The Labute approximate surface area is 174 Å². The minimum Gasteiger partial charge on any atom is -0.316 e. The van der Waals surface area contributed by atoms with Crippen molar-refractivity contribution in [2.45, 2.75) is 11.3 Å². The number of aliphatic imine (C=N–C) groups is 1. The maximum atomic E-state index is 12.6. The van der Waals surface area contributed by atoms with Crippen LogP contribution in [-0.2, 0) is 9.84 Å². The van der Waals surface area contributed by atoms with E-state index in [0.717, 1.165) is 10.2 Å². The van der Waals surface area contributed by atoms with Crippen molar-refractivity contribution in [3.8, 4) is 0 Å². The van der Waals surface area contributed by atoms with Gasteiger partial charge in [-0.3, -0.25) is 4.79 Å². The number of carbonyl (C=O) groups is 1. The Bertz CT molecular complexity index is 1020. The molecule has 2 fully saturated rings. The summed E-state index contributed by atoms with van der Waals surface area (Å²) in [6.45, 7) is 0. The Morgan fingerprint density at radius 1 is 1.11 bits per heavy atom. The van der Waals surface area contributed by atoms with E-state index in [-0.39, 0.29) is 28.7 Å². The van der Waals surface area contributed by atoms with E-state index in [9.17, 15) is 13.2 Å². The molecule has 0 bridgehead atoms. The number of rotatable bonds is 2. The average Bonchev–Trinajstić information content (AvgIpc) is 3.07. The second-order valence-electron chi connectivity index (χ2n) is 6.35. The van der Waals surface area contributed by atoms with E-state index in [4.69, 9.17) is 11.6 Å². The SMILES string of the molecule is O=C(N=C1SC2CS(=O)(=O)CC2N1c1ccc(Cl)cc1)c1ccc(Br)cc1. The zero-order chi connectivity index (χ0) is 19.2. The van der Waals surface area contributed by atoms with Crippen molar-refractivity contribution in [1.82, 2.24) is 0 Å². The van der Waals surface area contributed by atoms with E-state index < -0.39 is 9.84 Å². The fourth-order valence-electron chi connectivity index (χ4n) is 3.21. The normalized spacial score (nSPS) is 25.0. The van der Waals surface area contributed by atoms with Crippen molar-refractivity contribution < 1.29 is 13.2 Å². The smallest absolute Gasteiger partial charge is 0.279 e. The summed E-state index contributed by atoms with van der Waals surface area (Å²) in [6.07, 6.45) is 0. The van der Waals surface area contributed by atoms with Gasteiger partial charge in [0.15, 0.2) is 15.0 Å². The Kier molecular flexibility index (Phi) is 5.09. The van der Waals surface area contributed by atoms with Crippen LogP contribution >= 0.6 is 39.3 Å². The van der Waals surface area contributed by atoms with Gasteiger partial charge >= 0.3 is 0 Å². The van der Waals surface area contributed by atoms with E-state index in [1.165, 1.54) is 11.8 Å². The third-order valence-corrected chi connectivity index (χ3v) is 8.45. The number of halogens is 2. The number of benzene rings is 2. The highest BCUT2D eigenvalue weighted by Gasteiger charge is 2.49. The van der Waals surface area contributed by atoms with Crippen molar-refractivity contribution in [2.24, 2.45) is 4.99 Å². The Morgan fingerprint density at radius 3 is 2.44 bits per heavy atom. The number of thioether (sulfide) groups is 1. The van der Waals surface area contributed by atoms with Crippen LogP contribution < -0.4 is 4.90 Å². The molecule has 1 amide bonds. The summed E-state index contributed by atoms with van der Waals surface area (Å²) in [7, 11) is -3.10. The van der Waals surface area contributed by atoms with Crippen LogP contribution in [0.5, 0.6) is 0 Å². The highest BCUT2D eigenvalue weighted by Crippen LogP contribution is 2.41. The molecule has 140 valence electrons. The average molecular weight is 486 g/mol. The topological polar surface area (TPSA) is 66.8 Å². The molecule has 0 N–H and O–H groups in total. The molecular formula is C18H14BrClN2O3S2. The number of fused-ring (bicyclic) bond motifs is 1. The number of carbonyl (C=O) groups excluding carboxylic acids is 1. The second-order valence-corrected chi connectivity index (χ2v) is 11.1. The maximum absolute atomic E-state index is 12.6. The molecule has 2 aromatic carbocycles. The predicted octanol–water partition coefficient (Wildman–Crippen LogP) is 4.02. The van der Waals surface area contributed by atoms with Crippen LogP contribution in [0.2, 0.25) is 5.02 Å². The predicted molar refractivity (Wildman–Crippen MR) is 114 cm³/mol. The van der Waals surface area contributed by atoms with Crippen molar-refractivity contribution in [3.05, 3.63) is 63.6 Å². The molecule has 2 unspecified atom stereocenters. The van der Waals surface area contributed by atoms with Crippen molar-refractivity contribution >= 4 is 65.9 Å². The van der Waals surface area contributed by atoms with Gasteiger partial charge in [0.2, 0.25) is 0 Å². The van der Waals surface area contributed by atoms with Gasteiger partial charge in [-0.1, -0.05) is 39.3 Å². The summed E-state index contributed by atoms with van der Waals surface area (Å²) in [5.41, 5.74) is 1.26. The lowest BCUT2D eigenvalue weighted by atomic mass is 10.2. The Morgan fingerprint density at radius 2 is 1.78 bits per heavy atom. The fraction of sp³-hybridized carbons (Fsp3) is 0.222. The van der Waals surface area contributed by atoms with Gasteiger partial charge in [0.1, 0.15) is 0 Å². The minimum absolute atomic E-state index is 0.0544. The number of sulfone groups is 1. The highest BCUT2D eigenvalue weighted by atomic mass is 79.9. The molecule has 4 rings (SSSR count). The first-order chi connectivity index (χ1) is 12.8. The molecule has 2 saturated heterocycles. The molecule has 27 heavy (non-hydrogen) atoms. The molecule has 2 aliphatic heterocycles. The van der Waals surface area contributed by atoms with E-state index in [2.05, 4.69) is 20.9 Å². The number of amidine groups is 1. The molecule has 0 radical (unpaired) electrons. The van der Waals surface area contributed by atoms with Gasteiger partial charge in [0, 0.05) is 26.0 Å². The first kappa shape index (κ1) is 19.0. The van der Waals surface area contributed by atoms with Crippen molar-refractivity contribution in [2.75, 3.05) is 16.4 Å². The summed E-state index contributed by atoms with van der Waals surface area (Å²) in [4.78, 5) is 18.8. The number of nitrogens with zero attached hydrogens (tertiary/aromatic N) is 2. The molecule has 0 aliphatic carbocycles. The third kappa shape index (κ3) is 3.94. The standard InChI is InChI=1S/C18H14BrClN2O3S2/c19-12-3-1-11(2-4-12)17(23)21-18-22(14-7-5-13(20)6-8-14)15-9-27(24,25)10-16(15)26-18/h1-8,15-16H,9-10H2. The molecular weight excluding hydrogens is 472 g/mol. The van der Waals surface area contributed by atoms with Crippen LogP contribution in [0.15, 0.2) is 58.0 Å². The lowest BCUT2D eigenvalue weighted by Crippen LogP contribution is -2.37.